The van der Waals surface area contributed by atoms with E-state index in [4.69, 9.17) is 26.4 Å². The molecule has 2 rings (SSSR count). The number of non-ortho nitro benzene ring substituents is 1. The SMILES string of the molecule is COCCOc1ccc(C(=O)NC(=S)Nc2ccc([N+](=O)[O-])cc2OC)cc1Br. The summed E-state index contributed by atoms with van der Waals surface area (Å²) in [5, 5.41) is 16.2. The second-order valence-electron chi connectivity index (χ2n) is 5.54. The number of carbonyl (C=O) groups is 1. The van der Waals surface area contributed by atoms with E-state index in [0.29, 0.717) is 34.7 Å². The molecule has 0 saturated carbocycles. The number of anilines is 1. The van der Waals surface area contributed by atoms with Crippen LogP contribution in [0.5, 0.6) is 11.5 Å². The largest absolute Gasteiger partial charge is 0.494 e. The molecule has 0 aliphatic heterocycles. The second kappa shape index (κ2) is 10.7. The Labute approximate surface area is 180 Å². The number of nitrogens with one attached hydrogen (secondary N) is 2. The molecule has 11 heteroatoms. The maximum absolute atomic E-state index is 12.4. The van der Waals surface area contributed by atoms with Crippen molar-refractivity contribution in [2.24, 2.45) is 0 Å². The van der Waals surface area contributed by atoms with Gasteiger partial charge < -0.3 is 19.5 Å². The molecule has 2 aromatic rings. The fourth-order valence-corrected chi connectivity index (χ4v) is 2.92. The number of ether oxygens (including phenoxy) is 3. The van der Waals surface area contributed by atoms with E-state index in [1.807, 2.05) is 0 Å². The van der Waals surface area contributed by atoms with Crippen molar-refractivity contribution in [3.8, 4) is 11.5 Å². The number of amides is 1. The minimum Gasteiger partial charge on any atom is -0.494 e. The Bertz CT molecular complexity index is 924. The van der Waals surface area contributed by atoms with Crippen LogP contribution in [-0.2, 0) is 4.74 Å². The van der Waals surface area contributed by atoms with Gasteiger partial charge in [-0.1, -0.05) is 0 Å². The van der Waals surface area contributed by atoms with Crippen LogP contribution < -0.4 is 20.1 Å². The molecule has 0 aromatic heterocycles. The van der Waals surface area contributed by atoms with E-state index in [9.17, 15) is 14.9 Å². The van der Waals surface area contributed by atoms with Crippen molar-refractivity contribution in [1.82, 2.24) is 5.32 Å². The molecule has 9 nitrogen and oxygen atoms in total. The number of methoxy groups -OCH3 is 2. The van der Waals surface area contributed by atoms with Crippen LogP contribution in [0, 0.1) is 10.1 Å². The minimum absolute atomic E-state index is 0.0127. The van der Waals surface area contributed by atoms with Crippen LogP contribution >= 0.6 is 28.1 Å². The number of halogens is 1. The first kappa shape index (κ1) is 22.5. The highest BCUT2D eigenvalue weighted by molar-refractivity contribution is 9.10. The molecule has 0 spiro atoms. The first-order valence-electron chi connectivity index (χ1n) is 8.21. The number of hydrogen-bond donors (Lipinski definition) is 2. The summed E-state index contributed by atoms with van der Waals surface area (Å²) in [6.07, 6.45) is 0. The number of nitro groups is 1. The lowest BCUT2D eigenvalue weighted by atomic mass is 10.2. The minimum atomic E-state index is -0.535. The predicted molar refractivity (Wildman–Crippen MR) is 115 cm³/mol. The average Bonchev–Trinajstić information content (AvgIpc) is 2.69. The quantitative estimate of drug-likeness (QED) is 0.254. The van der Waals surface area contributed by atoms with Crippen molar-refractivity contribution in [3.05, 3.63) is 56.5 Å². The molecule has 0 aliphatic rings. The Kier molecular flexibility index (Phi) is 8.31. The Morgan fingerprint density at radius 1 is 1.17 bits per heavy atom. The third kappa shape index (κ3) is 6.38. The fourth-order valence-electron chi connectivity index (χ4n) is 2.22. The smallest absolute Gasteiger partial charge is 0.273 e. The van der Waals surface area contributed by atoms with Gasteiger partial charge in [-0.15, -0.1) is 0 Å². The van der Waals surface area contributed by atoms with Gasteiger partial charge in [-0.05, 0) is 52.4 Å². The summed E-state index contributed by atoms with van der Waals surface area (Å²) in [5.41, 5.74) is 0.613. The number of carbonyl (C=O) groups excluding carboxylic acids is 1. The molecule has 0 heterocycles. The molecule has 0 bridgehead atoms. The van der Waals surface area contributed by atoms with Gasteiger partial charge in [0, 0.05) is 18.7 Å². The van der Waals surface area contributed by atoms with Crippen LogP contribution in [0.4, 0.5) is 11.4 Å². The molecule has 2 N–H and O–H groups in total. The lowest BCUT2D eigenvalue weighted by Gasteiger charge is -2.13. The van der Waals surface area contributed by atoms with Crippen LogP contribution in [0.15, 0.2) is 40.9 Å². The first-order valence-corrected chi connectivity index (χ1v) is 9.42. The lowest BCUT2D eigenvalue weighted by Crippen LogP contribution is -2.34. The Morgan fingerprint density at radius 2 is 1.93 bits per heavy atom. The van der Waals surface area contributed by atoms with Crippen LogP contribution in [0.3, 0.4) is 0 Å². The number of nitro benzene ring substituents is 1. The van der Waals surface area contributed by atoms with Gasteiger partial charge >= 0.3 is 0 Å². The molecule has 2 aromatic carbocycles. The maximum Gasteiger partial charge on any atom is 0.273 e. The highest BCUT2D eigenvalue weighted by Crippen LogP contribution is 2.29. The van der Waals surface area contributed by atoms with E-state index in [1.165, 1.54) is 25.3 Å². The van der Waals surface area contributed by atoms with Crippen LogP contribution in [-0.4, -0.2) is 43.4 Å². The third-order valence-electron chi connectivity index (χ3n) is 3.61. The maximum atomic E-state index is 12.4. The summed E-state index contributed by atoms with van der Waals surface area (Å²) in [6, 6.07) is 8.85. The summed E-state index contributed by atoms with van der Waals surface area (Å²) in [7, 11) is 2.95. The Hall–Kier alpha value is -2.76. The molecule has 0 unspecified atom stereocenters. The monoisotopic (exact) mass is 483 g/mol. The highest BCUT2D eigenvalue weighted by atomic mass is 79.9. The van der Waals surface area contributed by atoms with Gasteiger partial charge in [0.15, 0.2) is 5.11 Å². The Morgan fingerprint density at radius 3 is 2.55 bits per heavy atom. The van der Waals surface area contributed by atoms with Crippen LogP contribution in [0.25, 0.3) is 0 Å². The molecular weight excluding hydrogens is 466 g/mol. The standard InChI is InChI=1S/C18H18BrN3O6S/c1-26-7-8-28-15-6-3-11(9-13(15)19)17(23)21-18(29)20-14-5-4-12(22(24)25)10-16(14)27-2/h3-6,9-10H,7-8H2,1-2H3,(H2,20,21,23,29). The van der Waals surface area contributed by atoms with Crippen molar-refractivity contribution in [1.29, 1.82) is 0 Å². The van der Waals surface area contributed by atoms with Gasteiger partial charge in [-0.2, -0.15) is 0 Å². The number of nitrogens with zero attached hydrogens (tertiary/aromatic N) is 1. The molecule has 1 amide bonds. The fraction of sp³-hybridized carbons (Fsp3) is 0.222. The molecule has 154 valence electrons. The van der Waals surface area contributed by atoms with Gasteiger partial charge in [0.1, 0.15) is 18.1 Å². The second-order valence-corrected chi connectivity index (χ2v) is 6.80. The van der Waals surface area contributed by atoms with Crippen molar-refractivity contribution in [2.75, 3.05) is 32.8 Å². The zero-order chi connectivity index (χ0) is 21.4. The molecule has 0 radical (unpaired) electrons. The number of benzene rings is 2. The van der Waals surface area contributed by atoms with Crippen LogP contribution in [0.1, 0.15) is 10.4 Å². The zero-order valence-electron chi connectivity index (χ0n) is 15.6. The molecule has 29 heavy (non-hydrogen) atoms. The van der Waals surface area contributed by atoms with Gasteiger partial charge in [-0.3, -0.25) is 20.2 Å². The predicted octanol–water partition coefficient (Wildman–Crippen LogP) is 3.52. The van der Waals surface area contributed by atoms with Crippen LogP contribution in [0.2, 0.25) is 0 Å². The number of rotatable bonds is 8. The average molecular weight is 484 g/mol. The van der Waals surface area contributed by atoms with E-state index in [2.05, 4.69) is 26.6 Å². The van der Waals surface area contributed by atoms with E-state index in [1.54, 1.807) is 25.3 Å². The van der Waals surface area contributed by atoms with Gasteiger partial charge in [0.2, 0.25) is 0 Å². The highest BCUT2D eigenvalue weighted by Gasteiger charge is 2.15. The lowest BCUT2D eigenvalue weighted by molar-refractivity contribution is -0.384. The molecular formula is C18H18BrN3O6S. The number of hydrogen-bond acceptors (Lipinski definition) is 7. The molecule has 0 aliphatic carbocycles. The normalized spacial score (nSPS) is 10.2. The van der Waals surface area contributed by atoms with Gasteiger partial charge in [0.05, 0.1) is 34.9 Å². The molecule has 0 atom stereocenters. The van der Waals surface area contributed by atoms with E-state index >= 15 is 0 Å². The summed E-state index contributed by atoms with van der Waals surface area (Å²) in [5.74, 6) is 0.360. The van der Waals surface area contributed by atoms with Crippen molar-refractivity contribution in [2.45, 2.75) is 0 Å². The number of thiocarbonyl (C=S) groups is 1. The summed E-state index contributed by atoms with van der Waals surface area (Å²) < 4.78 is 16.2. The molecule has 0 saturated heterocycles. The van der Waals surface area contributed by atoms with Crippen molar-refractivity contribution >= 4 is 50.5 Å². The summed E-state index contributed by atoms with van der Waals surface area (Å²) >= 11 is 8.51. The van der Waals surface area contributed by atoms with Crippen molar-refractivity contribution < 1.29 is 23.9 Å². The summed E-state index contributed by atoms with van der Waals surface area (Å²) in [6.45, 7) is 0.826. The topological polar surface area (TPSA) is 112 Å². The Balaban J connectivity index is 2.03. The third-order valence-corrected chi connectivity index (χ3v) is 4.43. The zero-order valence-corrected chi connectivity index (χ0v) is 18.0. The van der Waals surface area contributed by atoms with E-state index in [-0.39, 0.29) is 16.5 Å². The molecule has 0 fully saturated rings. The van der Waals surface area contributed by atoms with E-state index in [0.717, 1.165) is 0 Å². The first-order chi connectivity index (χ1) is 13.8. The van der Waals surface area contributed by atoms with E-state index < -0.39 is 10.8 Å². The van der Waals surface area contributed by atoms with Gasteiger partial charge in [-0.25, -0.2) is 0 Å². The van der Waals surface area contributed by atoms with Crippen molar-refractivity contribution in [3.63, 3.8) is 0 Å². The summed E-state index contributed by atoms with van der Waals surface area (Å²) in [4.78, 5) is 22.7. The van der Waals surface area contributed by atoms with Gasteiger partial charge in [0.25, 0.3) is 11.6 Å².